The number of rotatable bonds is 5. The van der Waals surface area contributed by atoms with Gasteiger partial charge in [-0.15, -0.1) is 0 Å². The maximum atomic E-state index is 5.82. The lowest BCUT2D eigenvalue weighted by Crippen LogP contribution is -2.31. The van der Waals surface area contributed by atoms with Crippen molar-refractivity contribution in [3.8, 4) is 5.75 Å². The minimum atomic E-state index is 0.397. The molecule has 1 aromatic carbocycles. The smallest absolute Gasteiger partial charge is 0.125 e. The first-order valence-corrected chi connectivity index (χ1v) is 5.57. The van der Waals surface area contributed by atoms with Gasteiger partial charge in [0.15, 0.2) is 0 Å². The van der Waals surface area contributed by atoms with Crippen LogP contribution in [0.4, 0.5) is 0 Å². The molecule has 0 aliphatic heterocycles. The summed E-state index contributed by atoms with van der Waals surface area (Å²) in [6.07, 6.45) is 0. The summed E-state index contributed by atoms with van der Waals surface area (Å²) in [7, 11) is 0. The zero-order valence-corrected chi connectivity index (χ0v) is 10.1. The topological polar surface area (TPSA) is 21.3 Å². The second-order valence-electron chi connectivity index (χ2n) is 3.99. The molecule has 1 rings (SSSR count). The van der Waals surface area contributed by atoms with Crippen molar-refractivity contribution in [2.45, 2.75) is 33.7 Å². The first-order valence-electron chi connectivity index (χ1n) is 5.57. The molecule has 0 heterocycles. The molecule has 1 aromatic rings. The number of likely N-dealkylation sites (N-methyl/N-ethyl adjacent to an activating group) is 1. The number of hydrogen-bond acceptors (Lipinski definition) is 2. The Morgan fingerprint density at radius 2 is 1.87 bits per heavy atom. The highest BCUT2D eigenvalue weighted by Gasteiger charge is 2.05. The molecule has 0 aliphatic carbocycles. The summed E-state index contributed by atoms with van der Waals surface area (Å²) in [5.41, 5.74) is 2.41. The predicted octanol–water partition coefficient (Wildman–Crippen LogP) is 2.68. The fourth-order valence-electron chi connectivity index (χ4n) is 1.64. The van der Waals surface area contributed by atoms with Crippen LogP contribution in [0.15, 0.2) is 18.2 Å². The standard InChI is InChI=1S/C13H21NO/c1-5-14-12(4)9-15-13-10(2)7-6-8-11(13)3/h6-8,12,14H,5,9H2,1-4H3/t12-/m0/s1. The van der Waals surface area contributed by atoms with Gasteiger partial charge < -0.3 is 10.1 Å². The Labute approximate surface area is 92.6 Å². The minimum Gasteiger partial charge on any atom is -0.491 e. The van der Waals surface area contributed by atoms with Crippen molar-refractivity contribution in [2.75, 3.05) is 13.2 Å². The van der Waals surface area contributed by atoms with E-state index in [9.17, 15) is 0 Å². The van der Waals surface area contributed by atoms with Gasteiger partial charge in [-0.25, -0.2) is 0 Å². The molecular weight excluding hydrogens is 186 g/mol. The van der Waals surface area contributed by atoms with Gasteiger partial charge in [0.2, 0.25) is 0 Å². The number of nitrogens with one attached hydrogen (secondary N) is 1. The Kier molecular flexibility index (Phi) is 4.63. The van der Waals surface area contributed by atoms with Crippen LogP contribution in [0.5, 0.6) is 5.75 Å². The van der Waals surface area contributed by atoms with Gasteiger partial charge in [0.25, 0.3) is 0 Å². The van der Waals surface area contributed by atoms with Crippen LogP contribution in [-0.2, 0) is 0 Å². The molecule has 0 radical (unpaired) electrons. The fourth-order valence-corrected chi connectivity index (χ4v) is 1.64. The molecule has 0 amide bonds. The lowest BCUT2D eigenvalue weighted by molar-refractivity contribution is 0.272. The van der Waals surface area contributed by atoms with Crippen LogP contribution in [0.25, 0.3) is 0 Å². The largest absolute Gasteiger partial charge is 0.491 e. The Bertz CT molecular complexity index is 289. The van der Waals surface area contributed by atoms with Crippen molar-refractivity contribution < 1.29 is 4.74 Å². The summed E-state index contributed by atoms with van der Waals surface area (Å²) >= 11 is 0. The lowest BCUT2D eigenvalue weighted by atomic mass is 10.1. The summed E-state index contributed by atoms with van der Waals surface area (Å²) in [5.74, 6) is 1.03. The Balaban J connectivity index is 2.57. The van der Waals surface area contributed by atoms with Crippen LogP contribution in [0.1, 0.15) is 25.0 Å². The quantitative estimate of drug-likeness (QED) is 0.801. The van der Waals surface area contributed by atoms with Gasteiger partial charge in [-0.3, -0.25) is 0 Å². The van der Waals surface area contributed by atoms with E-state index in [1.54, 1.807) is 0 Å². The Morgan fingerprint density at radius 1 is 1.27 bits per heavy atom. The van der Waals surface area contributed by atoms with E-state index in [0.29, 0.717) is 6.04 Å². The lowest BCUT2D eigenvalue weighted by Gasteiger charge is -2.16. The molecule has 0 aromatic heterocycles. The molecular formula is C13H21NO. The maximum Gasteiger partial charge on any atom is 0.125 e. The molecule has 2 nitrogen and oxygen atoms in total. The minimum absolute atomic E-state index is 0.397. The van der Waals surface area contributed by atoms with Crippen molar-refractivity contribution in [3.05, 3.63) is 29.3 Å². The van der Waals surface area contributed by atoms with Gasteiger partial charge in [-0.05, 0) is 38.4 Å². The van der Waals surface area contributed by atoms with Crippen molar-refractivity contribution in [2.24, 2.45) is 0 Å². The average molecular weight is 207 g/mol. The number of hydrogen-bond donors (Lipinski definition) is 1. The van der Waals surface area contributed by atoms with Crippen LogP contribution in [0.2, 0.25) is 0 Å². The molecule has 2 heteroatoms. The average Bonchev–Trinajstić information content (AvgIpc) is 2.17. The first-order chi connectivity index (χ1) is 7.15. The number of ether oxygens (including phenoxy) is 1. The van der Waals surface area contributed by atoms with E-state index >= 15 is 0 Å². The highest BCUT2D eigenvalue weighted by Crippen LogP contribution is 2.22. The van der Waals surface area contributed by atoms with E-state index in [2.05, 4.69) is 51.2 Å². The predicted molar refractivity (Wildman–Crippen MR) is 64.5 cm³/mol. The number of para-hydroxylation sites is 1. The molecule has 1 N–H and O–H groups in total. The van der Waals surface area contributed by atoms with Crippen LogP contribution in [-0.4, -0.2) is 19.2 Å². The molecule has 84 valence electrons. The normalized spacial score (nSPS) is 12.5. The second-order valence-corrected chi connectivity index (χ2v) is 3.99. The zero-order chi connectivity index (χ0) is 11.3. The zero-order valence-electron chi connectivity index (χ0n) is 10.1. The third-order valence-corrected chi connectivity index (χ3v) is 2.44. The first kappa shape index (κ1) is 12.1. The van der Waals surface area contributed by atoms with Crippen LogP contribution < -0.4 is 10.1 Å². The van der Waals surface area contributed by atoms with Crippen molar-refractivity contribution in [1.82, 2.24) is 5.32 Å². The Hall–Kier alpha value is -1.02. The molecule has 0 aliphatic rings. The highest BCUT2D eigenvalue weighted by molar-refractivity contribution is 5.39. The number of benzene rings is 1. The fraction of sp³-hybridized carbons (Fsp3) is 0.538. The molecule has 0 unspecified atom stereocenters. The molecule has 0 bridgehead atoms. The van der Waals surface area contributed by atoms with Gasteiger partial charge in [0.1, 0.15) is 12.4 Å². The van der Waals surface area contributed by atoms with E-state index in [1.165, 1.54) is 11.1 Å². The van der Waals surface area contributed by atoms with E-state index in [1.807, 2.05) is 0 Å². The summed E-state index contributed by atoms with van der Waals surface area (Å²) in [5, 5.41) is 3.33. The Morgan fingerprint density at radius 3 is 2.40 bits per heavy atom. The molecule has 0 saturated carbocycles. The van der Waals surface area contributed by atoms with Gasteiger partial charge >= 0.3 is 0 Å². The summed E-state index contributed by atoms with van der Waals surface area (Å²) in [6, 6.07) is 6.63. The van der Waals surface area contributed by atoms with Crippen LogP contribution in [0.3, 0.4) is 0 Å². The van der Waals surface area contributed by atoms with Crippen molar-refractivity contribution in [1.29, 1.82) is 0 Å². The highest BCUT2D eigenvalue weighted by atomic mass is 16.5. The van der Waals surface area contributed by atoms with Gasteiger partial charge in [-0.1, -0.05) is 25.1 Å². The summed E-state index contributed by atoms with van der Waals surface area (Å²) in [4.78, 5) is 0. The van der Waals surface area contributed by atoms with E-state index in [4.69, 9.17) is 4.74 Å². The van der Waals surface area contributed by atoms with Crippen LogP contribution >= 0.6 is 0 Å². The van der Waals surface area contributed by atoms with Crippen molar-refractivity contribution >= 4 is 0 Å². The van der Waals surface area contributed by atoms with E-state index in [-0.39, 0.29) is 0 Å². The molecule has 0 spiro atoms. The second kappa shape index (κ2) is 5.76. The molecule has 0 fully saturated rings. The summed E-state index contributed by atoms with van der Waals surface area (Å²) in [6.45, 7) is 10.1. The van der Waals surface area contributed by atoms with Crippen molar-refractivity contribution in [3.63, 3.8) is 0 Å². The monoisotopic (exact) mass is 207 g/mol. The van der Waals surface area contributed by atoms with Crippen LogP contribution in [0, 0.1) is 13.8 Å². The van der Waals surface area contributed by atoms with E-state index in [0.717, 1.165) is 18.9 Å². The van der Waals surface area contributed by atoms with Gasteiger partial charge in [0.05, 0.1) is 0 Å². The van der Waals surface area contributed by atoms with Gasteiger partial charge in [0, 0.05) is 6.04 Å². The summed E-state index contributed by atoms with van der Waals surface area (Å²) < 4.78 is 5.82. The molecule has 0 saturated heterocycles. The third kappa shape index (κ3) is 3.56. The maximum absolute atomic E-state index is 5.82. The third-order valence-electron chi connectivity index (χ3n) is 2.44. The number of aryl methyl sites for hydroxylation is 2. The van der Waals surface area contributed by atoms with Gasteiger partial charge in [-0.2, -0.15) is 0 Å². The SMILES string of the molecule is CCN[C@@H](C)COc1c(C)cccc1C. The van der Waals surface area contributed by atoms with E-state index < -0.39 is 0 Å². The molecule has 15 heavy (non-hydrogen) atoms. The molecule has 1 atom stereocenters.